The molecular formula is C16H30N2O3S. The predicted octanol–water partition coefficient (Wildman–Crippen LogP) is 2.23. The maximum atomic E-state index is 12.7. The van der Waals surface area contributed by atoms with E-state index in [1.54, 1.807) is 0 Å². The van der Waals surface area contributed by atoms with Crippen LogP contribution in [-0.4, -0.2) is 56.0 Å². The molecule has 0 unspecified atom stereocenters. The highest BCUT2D eigenvalue weighted by Gasteiger charge is 2.32. The van der Waals surface area contributed by atoms with Gasteiger partial charge in [-0.25, -0.2) is 12.7 Å². The SMILES string of the molecule is CN(C(=O)C1CCN(S(C)(=O)=O)CC1)C1CCCCCCC1. The normalized spacial score (nSPS) is 23.7. The first kappa shape index (κ1) is 17.7. The fourth-order valence-electron chi connectivity index (χ4n) is 3.72. The quantitative estimate of drug-likeness (QED) is 0.797. The van der Waals surface area contributed by atoms with Gasteiger partial charge in [-0.2, -0.15) is 0 Å². The third-order valence-electron chi connectivity index (χ3n) is 5.24. The van der Waals surface area contributed by atoms with E-state index in [-0.39, 0.29) is 11.8 Å². The van der Waals surface area contributed by atoms with Gasteiger partial charge in [0.1, 0.15) is 0 Å². The Labute approximate surface area is 135 Å². The predicted molar refractivity (Wildman–Crippen MR) is 88.0 cm³/mol. The lowest BCUT2D eigenvalue weighted by molar-refractivity contribution is -0.137. The van der Waals surface area contributed by atoms with Gasteiger partial charge >= 0.3 is 0 Å². The molecule has 1 heterocycles. The van der Waals surface area contributed by atoms with Crippen molar-refractivity contribution in [3.63, 3.8) is 0 Å². The number of hydrogen-bond acceptors (Lipinski definition) is 3. The second-order valence-electron chi connectivity index (χ2n) is 6.88. The molecule has 128 valence electrons. The summed E-state index contributed by atoms with van der Waals surface area (Å²) >= 11 is 0. The van der Waals surface area contributed by atoms with E-state index in [1.807, 2.05) is 11.9 Å². The number of carbonyl (C=O) groups excluding carboxylic acids is 1. The monoisotopic (exact) mass is 330 g/mol. The molecule has 2 fully saturated rings. The minimum absolute atomic E-state index is 0.00607. The van der Waals surface area contributed by atoms with E-state index in [0.717, 1.165) is 12.8 Å². The smallest absolute Gasteiger partial charge is 0.225 e. The van der Waals surface area contributed by atoms with Crippen molar-refractivity contribution < 1.29 is 13.2 Å². The van der Waals surface area contributed by atoms with Gasteiger partial charge in [-0.05, 0) is 25.7 Å². The van der Waals surface area contributed by atoms with Crippen LogP contribution in [0.25, 0.3) is 0 Å². The van der Waals surface area contributed by atoms with Crippen molar-refractivity contribution in [3.05, 3.63) is 0 Å². The van der Waals surface area contributed by atoms with Crippen molar-refractivity contribution in [2.45, 2.75) is 63.8 Å². The minimum Gasteiger partial charge on any atom is -0.343 e. The Hall–Kier alpha value is -0.620. The summed E-state index contributed by atoms with van der Waals surface area (Å²) in [6.45, 7) is 0.960. The molecule has 0 aromatic heterocycles. The molecule has 1 aliphatic carbocycles. The molecule has 0 aromatic carbocycles. The highest BCUT2D eigenvalue weighted by molar-refractivity contribution is 7.88. The highest BCUT2D eigenvalue weighted by atomic mass is 32.2. The first-order valence-electron chi connectivity index (χ1n) is 8.61. The van der Waals surface area contributed by atoms with E-state index in [1.165, 1.54) is 42.7 Å². The van der Waals surface area contributed by atoms with E-state index < -0.39 is 10.0 Å². The third kappa shape index (κ3) is 4.69. The Morgan fingerprint density at radius 1 is 0.955 bits per heavy atom. The summed E-state index contributed by atoms with van der Waals surface area (Å²) in [5, 5.41) is 0. The maximum Gasteiger partial charge on any atom is 0.225 e. The molecule has 1 aliphatic heterocycles. The first-order chi connectivity index (χ1) is 10.4. The van der Waals surface area contributed by atoms with Crippen LogP contribution in [0.1, 0.15) is 57.8 Å². The molecule has 1 saturated heterocycles. The minimum atomic E-state index is -3.12. The summed E-state index contributed by atoms with van der Waals surface area (Å²) in [5.74, 6) is 0.215. The molecule has 1 saturated carbocycles. The van der Waals surface area contributed by atoms with Gasteiger partial charge in [0.2, 0.25) is 15.9 Å². The molecule has 0 N–H and O–H groups in total. The lowest BCUT2D eigenvalue weighted by atomic mass is 9.92. The second kappa shape index (κ2) is 7.77. The van der Waals surface area contributed by atoms with Crippen LogP contribution >= 0.6 is 0 Å². The Bertz CT molecular complexity index is 462. The molecule has 0 radical (unpaired) electrons. The molecule has 1 amide bonds. The molecule has 6 heteroatoms. The van der Waals surface area contributed by atoms with Crippen molar-refractivity contribution >= 4 is 15.9 Å². The van der Waals surface area contributed by atoms with Crippen molar-refractivity contribution in [1.29, 1.82) is 0 Å². The molecule has 0 spiro atoms. The van der Waals surface area contributed by atoms with E-state index in [4.69, 9.17) is 0 Å². The highest BCUT2D eigenvalue weighted by Crippen LogP contribution is 2.25. The number of rotatable bonds is 3. The van der Waals surface area contributed by atoms with Gasteiger partial charge in [0.05, 0.1) is 6.26 Å². The molecule has 2 rings (SSSR count). The van der Waals surface area contributed by atoms with Gasteiger partial charge in [0, 0.05) is 32.1 Å². The van der Waals surface area contributed by atoms with Crippen LogP contribution < -0.4 is 0 Å². The van der Waals surface area contributed by atoms with Crippen LogP contribution in [0.5, 0.6) is 0 Å². The van der Waals surface area contributed by atoms with E-state index in [9.17, 15) is 13.2 Å². The van der Waals surface area contributed by atoms with Crippen molar-refractivity contribution in [3.8, 4) is 0 Å². The average molecular weight is 330 g/mol. The Kier molecular flexibility index (Phi) is 6.26. The van der Waals surface area contributed by atoms with Crippen LogP contribution in [-0.2, 0) is 14.8 Å². The van der Waals surface area contributed by atoms with Gasteiger partial charge in [0.25, 0.3) is 0 Å². The zero-order valence-electron chi connectivity index (χ0n) is 14.0. The summed E-state index contributed by atoms with van der Waals surface area (Å²) in [7, 11) is -1.17. The summed E-state index contributed by atoms with van der Waals surface area (Å²) in [6, 6.07) is 0.376. The number of amides is 1. The summed E-state index contributed by atoms with van der Waals surface area (Å²) in [5.41, 5.74) is 0. The fraction of sp³-hybridized carbons (Fsp3) is 0.938. The van der Waals surface area contributed by atoms with Crippen molar-refractivity contribution in [2.24, 2.45) is 5.92 Å². The molecule has 0 aromatic rings. The van der Waals surface area contributed by atoms with Gasteiger partial charge in [-0.15, -0.1) is 0 Å². The maximum absolute atomic E-state index is 12.7. The standard InChI is InChI=1S/C16H30N2O3S/c1-17(15-8-6-4-3-5-7-9-15)16(19)14-10-12-18(13-11-14)22(2,20)21/h14-15H,3-13H2,1-2H3. The van der Waals surface area contributed by atoms with Crippen molar-refractivity contribution in [1.82, 2.24) is 9.21 Å². The van der Waals surface area contributed by atoms with Crippen LogP contribution in [0.15, 0.2) is 0 Å². The zero-order chi connectivity index (χ0) is 16.2. The number of carbonyl (C=O) groups is 1. The molecule has 22 heavy (non-hydrogen) atoms. The number of nitrogens with zero attached hydrogens (tertiary/aromatic N) is 2. The average Bonchev–Trinajstić information content (AvgIpc) is 2.45. The van der Waals surface area contributed by atoms with Crippen LogP contribution in [0, 0.1) is 5.92 Å². The third-order valence-corrected chi connectivity index (χ3v) is 6.55. The van der Waals surface area contributed by atoms with Crippen molar-refractivity contribution in [2.75, 3.05) is 26.4 Å². The van der Waals surface area contributed by atoms with Crippen LogP contribution in [0.3, 0.4) is 0 Å². The lowest BCUT2D eigenvalue weighted by Crippen LogP contribution is -2.46. The van der Waals surface area contributed by atoms with Gasteiger partial charge in [0.15, 0.2) is 0 Å². The molecule has 0 bridgehead atoms. The van der Waals surface area contributed by atoms with Gasteiger partial charge < -0.3 is 4.90 Å². The van der Waals surface area contributed by atoms with Crippen LogP contribution in [0.2, 0.25) is 0 Å². The number of sulfonamides is 1. The van der Waals surface area contributed by atoms with E-state index in [2.05, 4.69) is 0 Å². The van der Waals surface area contributed by atoms with E-state index in [0.29, 0.717) is 32.0 Å². The summed E-state index contributed by atoms with van der Waals surface area (Å²) in [4.78, 5) is 14.7. The summed E-state index contributed by atoms with van der Waals surface area (Å²) in [6.07, 6.45) is 11.1. The first-order valence-corrected chi connectivity index (χ1v) is 10.5. The fourth-order valence-corrected chi connectivity index (χ4v) is 4.60. The second-order valence-corrected chi connectivity index (χ2v) is 8.87. The van der Waals surface area contributed by atoms with Gasteiger partial charge in [-0.3, -0.25) is 4.79 Å². The number of hydrogen-bond donors (Lipinski definition) is 0. The number of piperidine rings is 1. The summed E-state index contributed by atoms with van der Waals surface area (Å²) < 4.78 is 24.6. The molecule has 0 atom stereocenters. The zero-order valence-corrected chi connectivity index (χ0v) is 14.8. The lowest BCUT2D eigenvalue weighted by Gasteiger charge is -2.35. The molecule has 2 aliphatic rings. The van der Waals surface area contributed by atoms with Crippen LogP contribution in [0.4, 0.5) is 0 Å². The Morgan fingerprint density at radius 3 is 1.95 bits per heavy atom. The Morgan fingerprint density at radius 2 is 1.45 bits per heavy atom. The molecular weight excluding hydrogens is 300 g/mol. The Balaban J connectivity index is 1.88. The van der Waals surface area contributed by atoms with Gasteiger partial charge in [-0.1, -0.05) is 32.1 Å². The topological polar surface area (TPSA) is 57.7 Å². The molecule has 5 nitrogen and oxygen atoms in total. The largest absolute Gasteiger partial charge is 0.343 e. The van der Waals surface area contributed by atoms with E-state index >= 15 is 0 Å².